The molecule has 1 N–H and O–H groups in total. The van der Waals surface area contributed by atoms with Crippen LogP contribution in [0.3, 0.4) is 0 Å². The Labute approximate surface area is 109 Å². The van der Waals surface area contributed by atoms with Gasteiger partial charge in [-0.15, -0.1) is 0 Å². The average molecular weight is 243 g/mol. The van der Waals surface area contributed by atoms with Crippen LogP contribution in [0.5, 0.6) is 0 Å². The first-order valence-corrected chi connectivity index (χ1v) is 6.95. The van der Waals surface area contributed by atoms with Crippen molar-refractivity contribution in [3.05, 3.63) is 35.7 Å². The fourth-order valence-electron chi connectivity index (χ4n) is 2.83. The maximum absolute atomic E-state index is 4.76. The molecule has 1 aliphatic carbocycles. The number of fused-ring (bicyclic) bond motifs is 1. The summed E-state index contributed by atoms with van der Waals surface area (Å²) in [5.41, 5.74) is 2.73. The van der Waals surface area contributed by atoms with Gasteiger partial charge in [-0.2, -0.15) is 5.10 Å². The van der Waals surface area contributed by atoms with Gasteiger partial charge >= 0.3 is 0 Å². The highest BCUT2D eigenvalue weighted by atomic mass is 15.3. The molecule has 2 unspecified atom stereocenters. The first-order chi connectivity index (χ1) is 8.72. The Balaban J connectivity index is 1.89. The third-order valence-electron chi connectivity index (χ3n) is 3.83. The number of rotatable bonds is 1. The Morgan fingerprint density at radius 3 is 3.11 bits per heavy atom. The molecule has 0 saturated heterocycles. The molecule has 2 aliphatic rings. The van der Waals surface area contributed by atoms with E-state index in [1.807, 2.05) is 4.68 Å². The van der Waals surface area contributed by atoms with Gasteiger partial charge in [-0.1, -0.05) is 25.5 Å². The number of hydrogen-bond acceptors (Lipinski definition) is 2. The van der Waals surface area contributed by atoms with Gasteiger partial charge in [0, 0.05) is 12.2 Å². The van der Waals surface area contributed by atoms with E-state index >= 15 is 0 Å². The van der Waals surface area contributed by atoms with E-state index in [9.17, 15) is 0 Å². The summed E-state index contributed by atoms with van der Waals surface area (Å²) >= 11 is 0. The van der Waals surface area contributed by atoms with E-state index in [0.717, 1.165) is 18.2 Å². The molecule has 0 spiro atoms. The second-order valence-electron chi connectivity index (χ2n) is 5.62. The van der Waals surface area contributed by atoms with E-state index < -0.39 is 0 Å². The molecule has 96 valence electrons. The van der Waals surface area contributed by atoms with Crippen LogP contribution in [0.1, 0.15) is 37.9 Å². The summed E-state index contributed by atoms with van der Waals surface area (Å²) in [5, 5.41) is 8.20. The largest absolute Gasteiger partial charge is 0.364 e. The lowest BCUT2D eigenvalue weighted by atomic mass is 10.0. The number of aromatic nitrogens is 2. The summed E-state index contributed by atoms with van der Waals surface area (Å²) in [6.07, 6.45) is 13.5. The van der Waals surface area contributed by atoms with E-state index in [4.69, 9.17) is 5.10 Å². The lowest BCUT2D eigenvalue weighted by Crippen LogP contribution is -2.27. The Kier molecular flexibility index (Phi) is 2.98. The SMILES string of the molecule is CC1CCCc2nn(C3=CC=CC(C)N3)cc2C1. The fourth-order valence-corrected chi connectivity index (χ4v) is 2.83. The second kappa shape index (κ2) is 4.63. The highest BCUT2D eigenvalue weighted by Gasteiger charge is 2.18. The Hall–Kier alpha value is -1.51. The van der Waals surface area contributed by atoms with E-state index in [2.05, 4.69) is 43.6 Å². The maximum atomic E-state index is 4.76. The lowest BCUT2D eigenvalue weighted by molar-refractivity contribution is 0.523. The van der Waals surface area contributed by atoms with Crippen LogP contribution < -0.4 is 5.32 Å². The molecular weight excluding hydrogens is 222 g/mol. The highest BCUT2D eigenvalue weighted by molar-refractivity contribution is 5.49. The molecule has 3 nitrogen and oxygen atoms in total. The molecular formula is C15H21N3. The van der Waals surface area contributed by atoms with Crippen LogP contribution >= 0.6 is 0 Å². The molecule has 0 fully saturated rings. The standard InChI is InChI=1S/C15H21N3/c1-11-5-3-7-14-13(9-11)10-18(17-14)15-8-4-6-12(2)16-15/h4,6,8,10-12,16H,3,5,7,9H2,1-2H3. The van der Waals surface area contributed by atoms with Gasteiger partial charge < -0.3 is 5.32 Å². The highest BCUT2D eigenvalue weighted by Crippen LogP contribution is 2.24. The minimum atomic E-state index is 0.382. The number of nitrogens with zero attached hydrogens (tertiary/aromatic N) is 2. The van der Waals surface area contributed by atoms with Crippen LogP contribution in [0.4, 0.5) is 0 Å². The first kappa shape index (κ1) is 11.6. The topological polar surface area (TPSA) is 29.9 Å². The van der Waals surface area contributed by atoms with E-state index in [0.29, 0.717) is 6.04 Å². The summed E-state index contributed by atoms with van der Waals surface area (Å²) in [6, 6.07) is 0.382. The summed E-state index contributed by atoms with van der Waals surface area (Å²) in [5.74, 6) is 1.88. The Bertz CT molecular complexity index is 496. The predicted octanol–water partition coefficient (Wildman–Crippen LogP) is 2.74. The number of aryl methyl sites for hydroxylation is 1. The summed E-state index contributed by atoms with van der Waals surface area (Å²) in [4.78, 5) is 0. The van der Waals surface area contributed by atoms with Gasteiger partial charge in [-0.3, -0.25) is 0 Å². The number of dihydropyridines is 1. The molecule has 2 atom stereocenters. The molecule has 18 heavy (non-hydrogen) atoms. The average Bonchev–Trinajstić information content (AvgIpc) is 2.65. The monoisotopic (exact) mass is 243 g/mol. The van der Waals surface area contributed by atoms with E-state index in [1.165, 1.54) is 30.5 Å². The zero-order valence-electron chi connectivity index (χ0n) is 11.2. The normalized spacial score (nSPS) is 27.1. The molecule has 2 heterocycles. The zero-order valence-corrected chi connectivity index (χ0v) is 11.2. The van der Waals surface area contributed by atoms with Crippen molar-refractivity contribution in [3.8, 4) is 0 Å². The van der Waals surface area contributed by atoms with Crippen molar-refractivity contribution in [1.29, 1.82) is 0 Å². The summed E-state index contributed by atoms with van der Waals surface area (Å²) in [7, 11) is 0. The van der Waals surface area contributed by atoms with Gasteiger partial charge in [0.2, 0.25) is 0 Å². The molecule has 0 amide bonds. The number of allylic oxidation sites excluding steroid dienone is 2. The quantitative estimate of drug-likeness (QED) is 0.769. The minimum Gasteiger partial charge on any atom is -0.364 e. The van der Waals surface area contributed by atoms with Gasteiger partial charge in [0.15, 0.2) is 0 Å². The van der Waals surface area contributed by atoms with Gasteiger partial charge in [-0.25, -0.2) is 4.68 Å². The van der Waals surface area contributed by atoms with E-state index in [1.54, 1.807) is 0 Å². The first-order valence-electron chi connectivity index (χ1n) is 6.95. The summed E-state index contributed by atoms with van der Waals surface area (Å²) < 4.78 is 2.02. The van der Waals surface area contributed by atoms with Crippen LogP contribution in [0.15, 0.2) is 24.4 Å². The van der Waals surface area contributed by atoms with Crippen molar-refractivity contribution in [2.24, 2.45) is 5.92 Å². The number of hydrogen-bond donors (Lipinski definition) is 1. The van der Waals surface area contributed by atoms with Crippen LogP contribution in [0.2, 0.25) is 0 Å². The van der Waals surface area contributed by atoms with Crippen molar-refractivity contribution in [2.75, 3.05) is 0 Å². The van der Waals surface area contributed by atoms with Gasteiger partial charge in [0.05, 0.1) is 5.69 Å². The fraction of sp³-hybridized carbons (Fsp3) is 0.533. The Morgan fingerprint density at radius 2 is 2.28 bits per heavy atom. The zero-order chi connectivity index (χ0) is 12.5. The predicted molar refractivity (Wildman–Crippen MR) is 74.0 cm³/mol. The second-order valence-corrected chi connectivity index (χ2v) is 5.62. The van der Waals surface area contributed by atoms with Crippen molar-refractivity contribution < 1.29 is 0 Å². The van der Waals surface area contributed by atoms with Crippen LogP contribution in [-0.2, 0) is 12.8 Å². The van der Waals surface area contributed by atoms with Gasteiger partial charge in [0.1, 0.15) is 5.82 Å². The third kappa shape index (κ3) is 2.22. The molecule has 1 aromatic heterocycles. The summed E-state index contributed by atoms with van der Waals surface area (Å²) in [6.45, 7) is 4.50. The molecule has 0 aromatic carbocycles. The maximum Gasteiger partial charge on any atom is 0.127 e. The molecule has 0 bridgehead atoms. The number of nitrogens with one attached hydrogen (secondary N) is 1. The lowest BCUT2D eigenvalue weighted by Gasteiger charge is -2.17. The third-order valence-corrected chi connectivity index (χ3v) is 3.83. The van der Waals surface area contributed by atoms with Crippen molar-refractivity contribution in [2.45, 2.75) is 45.6 Å². The van der Waals surface area contributed by atoms with Crippen LogP contribution in [0, 0.1) is 5.92 Å². The molecule has 1 aromatic rings. The van der Waals surface area contributed by atoms with Crippen LogP contribution in [-0.4, -0.2) is 15.8 Å². The smallest absolute Gasteiger partial charge is 0.127 e. The molecule has 1 aliphatic heterocycles. The van der Waals surface area contributed by atoms with Crippen LogP contribution in [0.25, 0.3) is 5.82 Å². The van der Waals surface area contributed by atoms with E-state index in [-0.39, 0.29) is 0 Å². The van der Waals surface area contributed by atoms with Crippen molar-refractivity contribution in [3.63, 3.8) is 0 Å². The van der Waals surface area contributed by atoms with Gasteiger partial charge in [0.25, 0.3) is 0 Å². The van der Waals surface area contributed by atoms with Crippen molar-refractivity contribution >= 4 is 5.82 Å². The van der Waals surface area contributed by atoms with Crippen molar-refractivity contribution in [1.82, 2.24) is 15.1 Å². The molecule has 3 heteroatoms. The molecule has 0 radical (unpaired) electrons. The molecule has 0 saturated carbocycles. The Morgan fingerprint density at radius 1 is 1.39 bits per heavy atom. The van der Waals surface area contributed by atoms with Gasteiger partial charge in [-0.05, 0) is 43.7 Å². The minimum absolute atomic E-state index is 0.382. The molecule has 3 rings (SSSR count).